The summed E-state index contributed by atoms with van der Waals surface area (Å²) in [7, 11) is 0. The van der Waals surface area contributed by atoms with Gasteiger partial charge < -0.3 is 10.1 Å². The van der Waals surface area contributed by atoms with Gasteiger partial charge in [0.2, 0.25) is 0 Å². The standard InChI is InChI=1S/C13H14BrN3O/c14-12-3-1-2-4-13(12)17-9-11(8-16-17)18-10-5-6-15-7-10/h1-4,8-10,15H,5-7H2. The summed E-state index contributed by atoms with van der Waals surface area (Å²) in [5.41, 5.74) is 1.01. The van der Waals surface area contributed by atoms with E-state index in [0.717, 1.165) is 35.4 Å². The third kappa shape index (κ3) is 2.42. The number of para-hydroxylation sites is 1. The molecule has 0 bridgehead atoms. The lowest BCUT2D eigenvalue weighted by Gasteiger charge is -2.09. The summed E-state index contributed by atoms with van der Waals surface area (Å²) in [5.74, 6) is 0.819. The van der Waals surface area contributed by atoms with Crippen molar-refractivity contribution in [2.24, 2.45) is 0 Å². The van der Waals surface area contributed by atoms with Gasteiger partial charge in [-0.1, -0.05) is 12.1 Å². The van der Waals surface area contributed by atoms with Gasteiger partial charge in [0.05, 0.1) is 18.1 Å². The van der Waals surface area contributed by atoms with Crippen LogP contribution in [0.1, 0.15) is 6.42 Å². The van der Waals surface area contributed by atoms with Crippen molar-refractivity contribution >= 4 is 15.9 Å². The molecule has 1 N–H and O–H groups in total. The predicted molar refractivity (Wildman–Crippen MR) is 73.2 cm³/mol. The third-order valence-electron chi connectivity index (χ3n) is 2.98. The molecule has 0 radical (unpaired) electrons. The number of nitrogens with zero attached hydrogens (tertiary/aromatic N) is 2. The minimum absolute atomic E-state index is 0.266. The van der Waals surface area contributed by atoms with E-state index in [0.29, 0.717) is 0 Å². The summed E-state index contributed by atoms with van der Waals surface area (Å²) in [6.45, 7) is 1.95. The van der Waals surface area contributed by atoms with Gasteiger partial charge in [-0.2, -0.15) is 5.10 Å². The molecule has 1 aromatic carbocycles. The Labute approximate surface area is 114 Å². The number of ether oxygens (including phenoxy) is 1. The van der Waals surface area contributed by atoms with Crippen LogP contribution >= 0.6 is 15.9 Å². The van der Waals surface area contributed by atoms with Crippen LogP contribution in [0.2, 0.25) is 0 Å². The van der Waals surface area contributed by atoms with Crippen LogP contribution in [-0.2, 0) is 0 Å². The molecule has 0 saturated carbocycles. The van der Waals surface area contributed by atoms with E-state index in [9.17, 15) is 0 Å². The van der Waals surface area contributed by atoms with E-state index in [2.05, 4.69) is 26.3 Å². The van der Waals surface area contributed by atoms with Crippen LogP contribution in [0.15, 0.2) is 41.1 Å². The molecule has 18 heavy (non-hydrogen) atoms. The highest BCUT2D eigenvalue weighted by Gasteiger charge is 2.16. The van der Waals surface area contributed by atoms with Gasteiger partial charge in [0.1, 0.15) is 6.10 Å². The Hall–Kier alpha value is -1.33. The van der Waals surface area contributed by atoms with Crippen LogP contribution in [-0.4, -0.2) is 29.0 Å². The highest BCUT2D eigenvalue weighted by atomic mass is 79.9. The average Bonchev–Trinajstić information content (AvgIpc) is 3.02. The summed E-state index contributed by atoms with van der Waals surface area (Å²) in [6.07, 6.45) is 5.00. The fourth-order valence-corrected chi connectivity index (χ4v) is 2.52. The van der Waals surface area contributed by atoms with Crippen molar-refractivity contribution in [2.75, 3.05) is 13.1 Å². The monoisotopic (exact) mass is 307 g/mol. The zero-order valence-electron chi connectivity index (χ0n) is 9.84. The lowest BCUT2D eigenvalue weighted by molar-refractivity contribution is 0.223. The first kappa shape index (κ1) is 11.7. The van der Waals surface area contributed by atoms with E-state index in [-0.39, 0.29) is 6.10 Å². The normalized spacial score (nSPS) is 19.1. The lowest BCUT2D eigenvalue weighted by atomic mass is 10.3. The number of nitrogens with one attached hydrogen (secondary N) is 1. The number of rotatable bonds is 3. The Kier molecular flexibility index (Phi) is 3.34. The molecule has 0 spiro atoms. The van der Waals surface area contributed by atoms with Crippen LogP contribution in [0, 0.1) is 0 Å². The summed E-state index contributed by atoms with van der Waals surface area (Å²) in [4.78, 5) is 0. The van der Waals surface area contributed by atoms with Crippen molar-refractivity contribution in [3.8, 4) is 11.4 Å². The van der Waals surface area contributed by atoms with Crippen LogP contribution in [0.4, 0.5) is 0 Å². The highest BCUT2D eigenvalue weighted by molar-refractivity contribution is 9.10. The SMILES string of the molecule is Brc1ccccc1-n1cc(OC2CCNC2)cn1. The second-order valence-corrected chi connectivity index (χ2v) is 5.16. The second-order valence-electron chi connectivity index (χ2n) is 4.30. The molecule has 0 aliphatic carbocycles. The Balaban J connectivity index is 1.79. The summed E-state index contributed by atoms with van der Waals surface area (Å²) in [5, 5.41) is 7.61. The Morgan fingerprint density at radius 3 is 3.06 bits per heavy atom. The first-order chi connectivity index (χ1) is 8.83. The van der Waals surface area contributed by atoms with Crippen molar-refractivity contribution in [2.45, 2.75) is 12.5 Å². The topological polar surface area (TPSA) is 39.1 Å². The highest BCUT2D eigenvalue weighted by Crippen LogP contribution is 2.22. The van der Waals surface area contributed by atoms with Crippen LogP contribution < -0.4 is 10.1 Å². The van der Waals surface area contributed by atoms with Gasteiger partial charge >= 0.3 is 0 Å². The van der Waals surface area contributed by atoms with Gasteiger partial charge in [0.25, 0.3) is 0 Å². The molecule has 1 aromatic heterocycles. The first-order valence-corrected chi connectivity index (χ1v) is 6.79. The molecule has 1 unspecified atom stereocenters. The fourth-order valence-electron chi connectivity index (χ4n) is 2.06. The van der Waals surface area contributed by atoms with Crippen LogP contribution in [0.25, 0.3) is 5.69 Å². The summed E-state index contributed by atoms with van der Waals surface area (Å²) < 4.78 is 8.69. The van der Waals surface area contributed by atoms with E-state index < -0.39 is 0 Å². The minimum atomic E-state index is 0.266. The van der Waals surface area contributed by atoms with Crippen molar-refractivity contribution < 1.29 is 4.74 Å². The van der Waals surface area contributed by atoms with E-state index in [4.69, 9.17) is 4.74 Å². The van der Waals surface area contributed by atoms with E-state index in [1.54, 1.807) is 6.20 Å². The summed E-state index contributed by atoms with van der Waals surface area (Å²) in [6, 6.07) is 7.98. The smallest absolute Gasteiger partial charge is 0.158 e. The Morgan fingerprint density at radius 2 is 2.28 bits per heavy atom. The van der Waals surface area contributed by atoms with Gasteiger partial charge in [-0.15, -0.1) is 0 Å². The third-order valence-corrected chi connectivity index (χ3v) is 3.65. The number of hydrogen-bond donors (Lipinski definition) is 1. The maximum atomic E-state index is 5.86. The van der Waals surface area contributed by atoms with Crippen LogP contribution in [0.3, 0.4) is 0 Å². The number of aromatic nitrogens is 2. The number of hydrogen-bond acceptors (Lipinski definition) is 3. The van der Waals surface area contributed by atoms with Gasteiger partial charge in [0, 0.05) is 11.0 Å². The molecule has 2 aromatic rings. The quantitative estimate of drug-likeness (QED) is 0.946. The van der Waals surface area contributed by atoms with Crippen molar-refractivity contribution in [1.29, 1.82) is 0 Å². The fraction of sp³-hybridized carbons (Fsp3) is 0.308. The molecular weight excluding hydrogens is 294 g/mol. The van der Waals surface area contributed by atoms with Gasteiger partial charge in [0.15, 0.2) is 5.75 Å². The molecular formula is C13H14BrN3O. The molecule has 1 fully saturated rings. The van der Waals surface area contributed by atoms with E-state index >= 15 is 0 Å². The zero-order valence-corrected chi connectivity index (χ0v) is 11.4. The molecule has 5 heteroatoms. The predicted octanol–water partition coefficient (Wildman–Crippen LogP) is 2.38. The minimum Gasteiger partial charge on any atom is -0.486 e. The van der Waals surface area contributed by atoms with Crippen molar-refractivity contribution in [3.05, 3.63) is 41.1 Å². The molecule has 4 nitrogen and oxygen atoms in total. The van der Waals surface area contributed by atoms with Gasteiger partial charge in [-0.05, 0) is 41.0 Å². The lowest BCUT2D eigenvalue weighted by Crippen LogP contribution is -2.19. The Morgan fingerprint density at radius 1 is 1.39 bits per heavy atom. The zero-order chi connectivity index (χ0) is 12.4. The first-order valence-electron chi connectivity index (χ1n) is 6.00. The molecule has 2 heterocycles. The summed E-state index contributed by atoms with van der Waals surface area (Å²) >= 11 is 3.52. The number of halogens is 1. The Bertz CT molecular complexity index is 535. The second kappa shape index (κ2) is 5.12. The molecule has 0 amide bonds. The van der Waals surface area contributed by atoms with E-state index in [1.165, 1.54) is 0 Å². The maximum absolute atomic E-state index is 5.86. The molecule has 94 valence electrons. The largest absolute Gasteiger partial charge is 0.486 e. The maximum Gasteiger partial charge on any atom is 0.158 e. The van der Waals surface area contributed by atoms with Crippen molar-refractivity contribution in [3.63, 3.8) is 0 Å². The molecule has 1 saturated heterocycles. The van der Waals surface area contributed by atoms with Crippen LogP contribution in [0.5, 0.6) is 5.75 Å². The average molecular weight is 308 g/mol. The van der Waals surface area contributed by atoms with E-state index in [1.807, 2.05) is 35.1 Å². The molecule has 1 aliphatic heterocycles. The van der Waals surface area contributed by atoms with Gasteiger partial charge in [-0.25, -0.2) is 4.68 Å². The van der Waals surface area contributed by atoms with Gasteiger partial charge in [-0.3, -0.25) is 0 Å². The molecule has 1 aliphatic rings. The van der Waals surface area contributed by atoms with Crippen molar-refractivity contribution in [1.82, 2.24) is 15.1 Å². The molecule has 1 atom stereocenters. The molecule has 3 rings (SSSR count). The number of benzene rings is 1.